The molecule has 0 atom stereocenters. The van der Waals surface area contributed by atoms with Crippen molar-refractivity contribution in [1.29, 1.82) is 0 Å². The molecule has 0 radical (unpaired) electrons. The van der Waals surface area contributed by atoms with Crippen LogP contribution in [0.1, 0.15) is 10.4 Å². The van der Waals surface area contributed by atoms with Crippen LogP contribution >= 0.6 is 0 Å². The van der Waals surface area contributed by atoms with E-state index in [1.807, 2.05) is 0 Å². The van der Waals surface area contributed by atoms with Gasteiger partial charge in [0.15, 0.2) is 12.4 Å². The zero-order valence-electron chi connectivity index (χ0n) is 15.1. The number of halogens is 1. The number of Topliss-reactive ketones (excluding diaryl/α,β-unsaturated/α-hetero) is 1. The van der Waals surface area contributed by atoms with Crippen molar-refractivity contribution in [2.45, 2.75) is 4.90 Å². The van der Waals surface area contributed by atoms with E-state index in [0.717, 1.165) is 6.07 Å². The molecule has 0 fully saturated rings. The van der Waals surface area contributed by atoms with Crippen molar-refractivity contribution in [3.63, 3.8) is 0 Å². The summed E-state index contributed by atoms with van der Waals surface area (Å²) in [6, 6.07) is 9.06. The molecular formula is C18H18FNO7S. The Morgan fingerprint density at radius 2 is 1.82 bits per heavy atom. The Hall–Kier alpha value is -2.98. The fourth-order valence-corrected chi connectivity index (χ4v) is 3.32. The molecule has 2 aromatic carbocycles. The third kappa shape index (κ3) is 5.51. The van der Waals surface area contributed by atoms with Gasteiger partial charge in [-0.2, -0.15) is 4.72 Å². The van der Waals surface area contributed by atoms with Gasteiger partial charge < -0.3 is 14.2 Å². The summed E-state index contributed by atoms with van der Waals surface area (Å²) >= 11 is 0. The van der Waals surface area contributed by atoms with Crippen molar-refractivity contribution in [2.24, 2.45) is 0 Å². The number of nitrogens with one attached hydrogen (secondary N) is 1. The maximum absolute atomic E-state index is 13.1. The van der Waals surface area contributed by atoms with Crippen molar-refractivity contribution in [3.05, 3.63) is 53.8 Å². The van der Waals surface area contributed by atoms with Crippen molar-refractivity contribution in [2.75, 3.05) is 27.4 Å². The molecule has 0 amide bonds. The Bertz CT molecular complexity index is 976. The zero-order chi connectivity index (χ0) is 20.7. The number of rotatable bonds is 9. The third-order valence-corrected chi connectivity index (χ3v) is 5.00. The molecule has 0 aliphatic carbocycles. The zero-order valence-corrected chi connectivity index (χ0v) is 15.9. The van der Waals surface area contributed by atoms with Crippen molar-refractivity contribution >= 4 is 21.8 Å². The number of hydrogen-bond acceptors (Lipinski definition) is 7. The van der Waals surface area contributed by atoms with Crippen molar-refractivity contribution in [1.82, 2.24) is 4.72 Å². The largest absolute Gasteiger partial charge is 0.497 e. The Morgan fingerprint density at radius 1 is 1.07 bits per heavy atom. The molecule has 2 aromatic rings. The lowest BCUT2D eigenvalue weighted by molar-refractivity contribution is -0.141. The Kier molecular flexibility index (Phi) is 7.07. The Morgan fingerprint density at radius 3 is 2.46 bits per heavy atom. The monoisotopic (exact) mass is 411 g/mol. The van der Waals surface area contributed by atoms with Gasteiger partial charge in [0, 0.05) is 11.6 Å². The molecule has 0 saturated heterocycles. The van der Waals surface area contributed by atoms with Crippen LogP contribution in [-0.4, -0.2) is 47.5 Å². The first-order valence-corrected chi connectivity index (χ1v) is 9.41. The second kappa shape index (κ2) is 9.29. The SMILES string of the molecule is COc1ccc(OC)c(S(=O)(=O)NCC(=O)OCC(=O)c2cccc(F)c2)c1. The maximum Gasteiger partial charge on any atom is 0.321 e. The predicted molar refractivity (Wildman–Crippen MR) is 96.4 cm³/mol. The van der Waals surface area contributed by atoms with Gasteiger partial charge in [0.1, 0.15) is 28.8 Å². The normalized spacial score (nSPS) is 11.0. The van der Waals surface area contributed by atoms with Crippen molar-refractivity contribution < 1.29 is 36.6 Å². The molecule has 0 aliphatic heterocycles. The summed E-state index contributed by atoms with van der Waals surface area (Å²) in [6.45, 7) is -1.36. The number of sulfonamides is 1. The van der Waals surface area contributed by atoms with Crippen LogP contribution in [0.25, 0.3) is 0 Å². The summed E-state index contributed by atoms with van der Waals surface area (Å²) in [7, 11) is -1.45. The second-order valence-corrected chi connectivity index (χ2v) is 7.17. The minimum absolute atomic E-state index is 0.0366. The first kappa shape index (κ1) is 21.3. The molecule has 0 aliphatic rings. The number of ketones is 1. The number of carbonyl (C=O) groups is 2. The van der Waals surface area contributed by atoms with E-state index in [-0.39, 0.29) is 22.0 Å². The molecule has 1 N–H and O–H groups in total. The number of ether oxygens (including phenoxy) is 3. The van der Waals surface area contributed by atoms with Crippen LogP contribution in [0.5, 0.6) is 11.5 Å². The van der Waals surface area contributed by atoms with Crippen LogP contribution < -0.4 is 14.2 Å². The molecule has 0 saturated carbocycles. The van der Waals surface area contributed by atoms with Crippen LogP contribution in [0.4, 0.5) is 4.39 Å². The van der Waals surface area contributed by atoms with E-state index in [1.165, 1.54) is 50.6 Å². The molecule has 0 spiro atoms. The molecule has 2 rings (SSSR count). The summed E-state index contributed by atoms with van der Waals surface area (Å²) < 4.78 is 54.7. The first-order valence-electron chi connectivity index (χ1n) is 7.93. The molecule has 8 nitrogen and oxygen atoms in total. The van der Waals surface area contributed by atoms with Gasteiger partial charge >= 0.3 is 5.97 Å². The standard InChI is InChI=1S/C18H18FNO7S/c1-25-14-6-7-16(26-2)17(9-14)28(23,24)20-10-18(22)27-11-15(21)12-4-3-5-13(19)8-12/h3-9,20H,10-11H2,1-2H3. The van der Waals surface area contributed by atoms with E-state index in [0.29, 0.717) is 0 Å². The lowest BCUT2D eigenvalue weighted by Gasteiger charge is -2.12. The highest BCUT2D eigenvalue weighted by atomic mass is 32.2. The first-order chi connectivity index (χ1) is 13.3. The molecule has 150 valence electrons. The lowest BCUT2D eigenvalue weighted by atomic mass is 10.1. The highest BCUT2D eigenvalue weighted by molar-refractivity contribution is 7.89. The molecule has 0 unspecified atom stereocenters. The Labute approximate surface area is 161 Å². The van der Waals surface area contributed by atoms with Gasteiger partial charge in [-0.05, 0) is 24.3 Å². The van der Waals surface area contributed by atoms with Crippen LogP contribution in [0.3, 0.4) is 0 Å². The topological polar surface area (TPSA) is 108 Å². The number of carbonyl (C=O) groups excluding carboxylic acids is 2. The molecular weight excluding hydrogens is 393 g/mol. The molecule has 0 heterocycles. The summed E-state index contributed by atoms with van der Waals surface area (Å²) in [4.78, 5) is 23.4. The van der Waals surface area contributed by atoms with Gasteiger partial charge in [-0.15, -0.1) is 0 Å². The minimum Gasteiger partial charge on any atom is -0.497 e. The van der Waals surface area contributed by atoms with E-state index < -0.39 is 40.7 Å². The molecule has 28 heavy (non-hydrogen) atoms. The second-order valence-electron chi connectivity index (χ2n) is 5.44. The van der Waals surface area contributed by atoms with Crippen LogP contribution in [0, 0.1) is 5.82 Å². The van der Waals surface area contributed by atoms with Gasteiger partial charge in [0.25, 0.3) is 0 Å². The average Bonchev–Trinajstić information content (AvgIpc) is 2.69. The lowest BCUT2D eigenvalue weighted by Crippen LogP contribution is -2.31. The van der Waals surface area contributed by atoms with Gasteiger partial charge in [0.05, 0.1) is 14.2 Å². The van der Waals surface area contributed by atoms with Crippen LogP contribution in [0.2, 0.25) is 0 Å². The summed E-state index contributed by atoms with van der Waals surface area (Å²) in [5, 5.41) is 0. The summed E-state index contributed by atoms with van der Waals surface area (Å²) in [5.74, 6) is -1.86. The van der Waals surface area contributed by atoms with E-state index in [9.17, 15) is 22.4 Å². The van der Waals surface area contributed by atoms with Gasteiger partial charge in [0.2, 0.25) is 10.0 Å². The predicted octanol–water partition coefficient (Wildman–Crippen LogP) is 1.55. The Balaban J connectivity index is 1.97. The van der Waals surface area contributed by atoms with Gasteiger partial charge in [-0.25, -0.2) is 12.8 Å². The van der Waals surface area contributed by atoms with E-state index >= 15 is 0 Å². The summed E-state index contributed by atoms with van der Waals surface area (Å²) in [6.07, 6.45) is 0. The van der Waals surface area contributed by atoms with Gasteiger partial charge in [-0.3, -0.25) is 9.59 Å². The maximum atomic E-state index is 13.1. The van der Waals surface area contributed by atoms with E-state index in [4.69, 9.17) is 14.2 Å². The minimum atomic E-state index is -4.12. The molecule has 0 bridgehead atoms. The van der Waals surface area contributed by atoms with E-state index in [2.05, 4.69) is 4.72 Å². The summed E-state index contributed by atoms with van der Waals surface area (Å²) in [5.41, 5.74) is 0.0366. The van der Waals surface area contributed by atoms with Crippen LogP contribution in [0.15, 0.2) is 47.4 Å². The fraction of sp³-hybridized carbons (Fsp3) is 0.222. The van der Waals surface area contributed by atoms with Crippen LogP contribution in [-0.2, 0) is 19.6 Å². The fourth-order valence-electron chi connectivity index (χ4n) is 2.17. The smallest absolute Gasteiger partial charge is 0.321 e. The quantitative estimate of drug-likeness (QED) is 0.493. The van der Waals surface area contributed by atoms with E-state index in [1.54, 1.807) is 0 Å². The third-order valence-electron chi connectivity index (χ3n) is 3.58. The highest BCUT2D eigenvalue weighted by Crippen LogP contribution is 2.27. The molecule has 10 heteroatoms. The van der Waals surface area contributed by atoms with Crippen molar-refractivity contribution in [3.8, 4) is 11.5 Å². The highest BCUT2D eigenvalue weighted by Gasteiger charge is 2.22. The number of hydrogen-bond donors (Lipinski definition) is 1. The number of benzene rings is 2. The average molecular weight is 411 g/mol. The number of methoxy groups -OCH3 is 2. The van der Waals surface area contributed by atoms with Gasteiger partial charge in [-0.1, -0.05) is 12.1 Å². The molecule has 0 aromatic heterocycles. The number of esters is 1.